The molecule has 1 heterocycles. The van der Waals surface area contributed by atoms with Gasteiger partial charge in [0.05, 0.1) is 22.7 Å². The van der Waals surface area contributed by atoms with Crippen molar-refractivity contribution in [3.05, 3.63) is 45.2 Å². The number of aromatic nitrogens is 1. The Morgan fingerprint density at radius 3 is 2.94 bits per heavy atom. The van der Waals surface area contributed by atoms with E-state index in [4.69, 9.17) is 16.3 Å². The van der Waals surface area contributed by atoms with Crippen LogP contribution in [0.2, 0.25) is 5.02 Å². The monoisotopic (exact) mass is 251 g/mol. The number of fused-ring (bicyclic) bond motifs is 1. The van der Waals surface area contributed by atoms with Gasteiger partial charge in [-0.2, -0.15) is 0 Å². The summed E-state index contributed by atoms with van der Waals surface area (Å²) in [6, 6.07) is 6.29. The summed E-state index contributed by atoms with van der Waals surface area (Å²) in [6.45, 7) is 1.97. The standard InChI is InChI=1S/C12H10ClNO3/c1-2-17-12(16)8-6-10(15)14-11-7(8)4-3-5-9(11)13/h3-6H,2H2,1H3,(H,14,15). The number of hydrogen-bond donors (Lipinski definition) is 1. The molecule has 0 aliphatic heterocycles. The minimum atomic E-state index is -0.522. The highest BCUT2D eigenvalue weighted by Gasteiger charge is 2.13. The molecule has 0 bridgehead atoms. The Morgan fingerprint density at radius 1 is 1.47 bits per heavy atom. The Bertz CT molecular complexity index is 633. The Hall–Kier alpha value is -1.81. The smallest absolute Gasteiger partial charge is 0.339 e. The van der Waals surface area contributed by atoms with E-state index in [2.05, 4.69) is 4.98 Å². The summed E-state index contributed by atoms with van der Waals surface area (Å²) in [4.78, 5) is 25.7. The number of esters is 1. The number of H-pyrrole nitrogens is 1. The molecule has 1 N–H and O–H groups in total. The minimum absolute atomic E-state index is 0.230. The molecule has 1 aromatic carbocycles. The van der Waals surface area contributed by atoms with Crippen molar-refractivity contribution in [1.29, 1.82) is 0 Å². The molecule has 0 aliphatic carbocycles. The second kappa shape index (κ2) is 4.59. The van der Waals surface area contributed by atoms with Crippen LogP contribution >= 0.6 is 11.6 Å². The number of benzene rings is 1. The van der Waals surface area contributed by atoms with Gasteiger partial charge in [-0.25, -0.2) is 4.79 Å². The van der Waals surface area contributed by atoms with Crippen LogP contribution in [-0.4, -0.2) is 17.6 Å². The van der Waals surface area contributed by atoms with Gasteiger partial charge in [0.2, 0.25) is 5.56 Å². The number of para-hydroxylation sites is 1. The highest BCUT2D eigenvalue weighted by Crippen LogP contribution is 2.23. The van der Waals surface area contributed by atoms with E-state index in [0.29, 0.717) is 15.9 Å². The summed E-state index contributed by atoms with van der Waals surface area (Å²) < 4.78 is 4.90. The van der Waals surface area contributed by atoms with Crippen molar-refractivity contribution in [2.45, 2.75) is 6.92 Å². The third-order valence-corrected chi connectivity index (χ3v) is 2.64. The average molecular weight is 252 g/mol. The fourth-order valence-electron chi connectivity index (χ4n) is 1.62. The molecule has 5 heteroatoms. The summed E-state index contributed by atoms with van der Waals surface area (Å²) in [5.41, 5.74) is 0.298. The normalized spacial score (nSPS) is 10.5. The minimum Gasteiger partial charge on any atom is -0.462 e. The molecule has 2 rings (SSSR count). The van der Waals surface area contributed by atoms with Crippen LogP contribution in [0, 0.1) is 0 Å². The lowest BCUT2D eigenvalue weighted by atomic mass is 10.1. The number of nitrogens with one attached hydrogen (secondary N) is 1. The van der Waals surface area contributed by atoms with Gasteiger partial charge in [0, 0.05) is 11.5 Å². The maximum atomic E-state index is 11.7. The second-order valence-corrected chi connectivity index (χ2v) is 3.84. The van der Waals surface area contributed by atoms with Crippen LogP contribution in [0.25, 0.3) is 10.9 Å². The van der Waals surface area contributed by atoms with Gasteiger partial charge in [-0.15, -0.1) is 0 Å². The maximum Gasteiger partial charge on any atom is 0.339 e. The second-order valence-electron chi connectivity index (χ2n) is 3.43. The number of carbonyl (C=O) groups is 1. The van der Waals surface area contributed by atoms with Crippen LogP contribution < -0.4 is 5.56 Å². The molecule has 0 spiro atoms. The first-order valence-corrected chi connectivity index (χ1v) is 5.50. The molecular formula is C12H10ClNO3. The highest BCUT2D eigenvalue weighted by atomic mass is 35.5. The topological polar surface area (TPSA) is 59.2 Å². The van der Waals surface area contributed by atoms with Gasteiger partial charge in [0.25, 0.3) is 0 Å². The van der Waals surface area contributed by atoms with Gasteiger partial charge in [0.1, 0.15) is 0 Å². The first kappa shape index (κ1) is 11.7. The SMILES string of the molecule is CCOC(=O)c1cc(=O)[nH]c2c(Cl)cccc12. The molecule has 0 amide bonds. The Balaban J connectivity index is 2.75. The fourth-order valence-corrected chi connectivity index (χ4v) is 1.84. The van der Waals surface area contributed by atoms with E-state index in [1.54, 1.807) is 25.1 Å². The molecule has 0 aliphatic rings. The van der Waals surface area contributed by atoms with Crippen molar-refractivity contribution in [3.8, 4) is 0 Å². The highest BCUT2D eigenvalue weighted by molar-refractivity contribution is 6.35. The van der Waals surface area contributed by atoms with Crippen LogP contribution in [0.4, 0.5) is 0 Å². The van der Waals surface area contributed by atoms with E-state index in [-0.39, 0.29) is 17.7 Å². The van der Waals surface area contributed by atoms with Gasteiger partial charge >= 0.3 is 5.97 Å². The fraction of sp³-hybridized carbons (Fsp3) is 0.167. The van der Waals surface area contributed by atoms with E-state index in [1.807, 2.05) is 0 Å². The lowest BCUT2D eigenvalue weighted by Gasteiger charge is -2.06. The molecule has 0 saturated heterocycles. The quantitative estimate of drug-likeness (QED) is 0.834. The van der Waals surface area contributed by atoms with Gasteiger partial charge in [-0.05, 0) is 13.0 Å². The van der Waals surface area contributed by atoms with Crippen LogP contribution in [-0.2, 0) is 4.74 Å². The molecule has 17 heavy (non-hydrogen) atoms. The molecule has 0 atom stereocenters. The van der Waals surface area contributed by atoms with E-state index >= 15 is 0 Å². The Labute approximate surface area is 102 Å². The summed E-state index contributed by atoms with van der Waals surface area (Å²) in [6.07, 6.45) is 0. The summed E-state index contributed by atoms with van der Waals surface area (Å²) in [5.74, 6) is -0.522. The molecule has 0 fully saturated rings. The number of carbonyl (C=O) groups excluding carboxylic acids is 1. The first-order valence-electron chi connectivity index (χ1n) is 5.12. The van der Waals surface area contributed by atoms with Gasteiger partial charge in [-0.3, -0.25) is 4.79 Å². The first-order chi connectivity index (χ1) is 8.13. The Morgan fingerprint density at radius 2 is 2.24 bits per heavy atom. The van der Waals surface area contributed by atoms with Crippen molar-refractivity contribution >= 4 is 28.5 Å². The van der Waals surface area contributed by atoms with Gasteiger partial charge < -0.3 is 9.72 Å². The zero-order valence-electron chi connectivity index (χ0n) is 9.12. The molecule has 0 radical (unpaired) electrons. The van der Waals surface area contributed by atoms with Crippen molar-refractivity contribution in [2.75, 3.05) is 6.61 Å². The van der Waals surface area contributed by atoms with E-state index < -0.39 is 5.97 Å². The molecule has 88 valence electrons. The van der Waals surface area contributed by atoms with Crippen molar-refractivity contribution in [3.63, 3.8) is 0 Å². The van der Waals surface area contributed by atoms with Gasteiger partial charge in [0.15, 0.2) is 0 Å². The van der Waals surface area contributed by atoms with E-state index in [1.165, 1.54) is 6.07 Å². The van der Waals surface area contributed by atoms with Crippen LogP contribution in [0.15, 0.2) is 29.1 Å². The number of rotatable bonds is 2. The third kappa shape index (κ3) is 2.17. The molecule has 0 saturated carbocycles. The zero-order valence-corrected chi connectivity index (χ0v) is 9.88. The lowest BCUT2D eigenvalue weighted by Crippen LogP contribution is -2.12. The van der Waals surface area contributed by atoms with E-state index in [9.17, 15) is 9.59 Å². The zero-order chi connectivity index (χ0) is 12.4. The number of hydrogen-bond acceptors (Lipinski definition) is 3. The largest absolute Gasteiger partial charge is 0.462 e. The van der Waals surface area contributed by atoms with Crippen LogP contribution in [0.1, 0.15) is 17.3 Å². The number of pyridine rings is 1. The molecule has 4 nitrogen and oxygen atoms in total. The number of aromatic amines is 1. The van der Waals surface area contributed by atoms with Crippen LogP contribution in [0.5, 0.6) is 0 Å². The van der Waals surface area contributed by atoms with Crippen molar-refractivity contribution in [1.82, 2.24) is 4.98 Å². The molecule has 2 aromatic rings. The third-order valence-electron chi connectivity index (χ3n) is 2.32. The summed E-state index contributed by atoms with van der Waals surface area (Å²) in [7, 11) is 0. The maximum absolute atomic E-state index is 11.7. The lowest BCUT2D eigenvalue weighted by molar-refractivity contribution is 0.0528. The summed E-state index contributed by atoms with van der Waals surface area (Å²) in [5, 5.41) is 0.973. The predicted molar refractivity (Wildman–Crippen MR) is 65.5 cm³/mol. The summed E-state index contributed by atoms with van der Waals surface area (Å²) >= 11 is 5.96. The van der Waals surface area contributed by atoms with Gasteiger partial charge in [-0.1, -0.05) is 23.7 Å². The Kier molecular flexibility index (Phi) is 3.15. The molecular weight excluding hydrogens is 242 g/mol. The molecule has 0 unspecified atom stereocenters. The number of halogens is 1. The van der Waals surface area contributed by atoms with Crippen molar-refractivity contribution in [2.24, 2.45) is 0 Å². The van der Waals surface area contributed by atoms with E-state index in [0.717, 1.165) is 0 Å². The van der Waals surface area contributed by atoms with Crippen LogP contribution in [0.3, 0.4) is 0 Å². The van der Waals surface area contributed by atoms with Crippen molar-refractivity contribution < 1.29 is 9.53 Å². The average Bonchev–Trinajstić information content (AvgIpc) is 2.30. The predicted octanol–water partition coefficient (Wildman–Crippen LogP) is 2.36. The number of ether oxygens (including phenoxy) is 1. The molecule has 1 aromatic heterocycles.